The SMILES string of the molecule is CC(=O)N[C@@H](CC(C)C)c1nc(COc2ccccc2F)no1. The number of rotatable bonds is 7. The number of hydrogen-bond acceptors (Lipinski definition) is 5. The summed E-state index contributed by atoms with van der Waals surface area (Å²) >= 11 is 0. The van der Waals surface area contributed by atoms with Gasteiger partial charge in [0, 0.05) is 6.92 Å². The number of carbonyl (C=O) groups excluding carboxylic acids is 1. The highest BCUT2D eigenvalue weighted by Gasteiger charge is 2.21. The number of hydrogen-bond donors (Lipinski definition) is 1. The summed E-state index contributed by atoms with van der Waals surface area (Å²) in [7, 11) is 0. The lowest BCUT2D eigenvalue weighted by molar-refractivity contribution is -0.120. The Morgan fingerprint density at radius 1 is 1.39 bits per heavy atom. The van der Waals surface area contributed by atoms with E-state index >= 15 is 0 Å². The Labute approximate surface area is 134 Å². The van der Waals surface area contributed by atoms with Crippen molar-refractivity contribution in [3.8, 4) is 5.75 Å². The highest BCUT2D eigenvalue weighted by Crippen LogP contribution is 2.21. The van der Waals surface area contributed by atoms with Crippen LogP contribution in [0.15, 0.2) is 28.8 Å². The minimum absolute atomic E-state index is 0.0150. The maximum absolute atomic E-state index is 13.5. The van der Waals surface area contributed by atoms with Crippen LogP contribution in [0.3, 0.4) is 0 Å². The summed E-state index contributed by atoms with van der Waals surface area (Å²) in [6.07, 6.45) is 0.676. The van der Waals surface area contributed by atoms with Gasteiger partial charge in [0.2, 0.25) is 17.6 Å². The zero-order chi connectivity index (χ0) is 16.8. The average Bonchev–Trinajstić information content (AvgIpc) is 2.93. The van der Waals surface area contributed by atoms with Gasteiger partial charge in [-0.25, -0.2) is 4.39 Å². The monoisotopic (exact) mass is 321 g/mol. The second-order valence-corrected chi connectivity index (χ2v) is 5.65. The van der Waals surface area contributed by atoms with E-state index in [9.17, 15) is 9.18 Å². The van der Waals surface area contributed by atoms with Crippen LogP contribution >= 0.6 is 0 Å². The summed E-state index contributed by atoms with van der Waals surface area (Å²) < 4.78 is 24.0. The molecule has 1 atom stereocenters. The molecule has 1 amide bonds. The first kappa shape index (κ1) is 16.9. The van der Waals surface area contributed by atoms with Gasteiger partial charge >= 0.3 is 0 Å². The third-order valence-corrected chi connectivity index (χ3v) is 3.06. The summed E-state index contributed by atoms with van der Waals surface area (Å²) in [6.45, 7) is 5.49. The highest BCUT2D eigenvalue weighted by molar-refractivity contribution is 5.73. The summed E-state index contributed by atoms with van der Waals surface area (Å²) in [5.41, 5.74) is 0. The second kappa shape index (κ2) is 7.71. The Bertz CT molecular complexity index is 658. The number of aromatic nitrogens is 2. The lowest BCUT2D eigenvalue weighted by Crippen LogP contribution is -2.27. The minimum Gasteiger partial charge on any atom is -0.482 e. The van der Waals surface area contributed by atoms with E-state index in [1.165, 1.54) is 19.1 Å². The van der Waals surface area contributed by atoms with Gasteiger partial charge in [-0.3, -0.25) is 4.79 Å². The summed E-state index contributed by atoms with van der Waals surface area (Å²) in [5, 5.41) is 6.60. The molecule has 0 spiro atoms. The zero-order valence-corrected chi connectivity index (χ0v) is 13.4. The predicted molar refractivity (Wildman–Crippen MR) is 81.0 cm³/mol. The Balaban J connectivity index is 2.03. The summed E-state index contributed by atoms with van der Waals surface area (Å²) in [5.74, 6) is 0.463. The van der Waals surface area contributed by atoms with Crippen molar-refractivity contribution in [2.24, 2.45) is 5.92 Å². The van der Waals surface area contributed by atoms with E-state index in [4.69, 9.17) is 9.26 Å². The van der Waals surface area contributed by atoms with Gasteiger partial charge < -0.3 is 14.6 Å². The Morgan fingerprint density at radius 2 is 2.13 bits per heavy atom. The van der Waals surface area contributed by atoms with Crippen LogP contribution in [0.2, 0.25) is 0 Å². The van der Waals surface area contributed by atoms with Crippen molar-refractivity contribution in [2.75, 3.05) is 0 Å². The third kappa shape index (κ3) is 5.05. The Hall–Kier alpha value is -2.44. The van der Waals surface area contributed by atoms with E-state index in [2.05, 4.69) is 15.5 Å². The number of halogens is 1. The van der Waals surface area contributed by atoms with Crippen molar-refractivity contribution >= 4 is 5.91 Å². The Kier molecular flexibility index (Phi) is 5.67. The molecule has 0 fully saturated rings. The first-order valence-corrected chi connectivity index (χ1v) is 7.42. The standard InChI is InChI=1S/C16H20FN3O3/c1-10(2)8-13(18-11(3)21)16-19-15(20-23-16)9-22-14-7-5-4-6-12(14)17/h4-7,10,13H,8-9H2,1-3H3,(H,18,21)/t13-/m0/s1. The Morgan fingerprint density at radius 3 is 2.78 bits per heavy atom. The van der Waals surface area contributed by atoms with Crippen LogP contribution < -0.4 is 10.1 Å². The molecule has 0 saturated heterocycles. The van der Waals surface area contributed by atoms with Gasteiger partial charge in [0.1, 0.15) is 6.04 Å². The molecule has 1 aromatic heterocycles. The van der Waals surface area contributed by atoms with Crippen LogP contribution in [-0.2, 0) is 11.4 Å². The molecule has 1 heterocycles. The molecule has 0 saturated carbocycles. The number of nitrogens with zero attached hydrogens (tertiary/aromatic N) is 2. The lowest BCUT2D eigenvalue weighted by Gasteiger charge is -2.15. The first-order chi connectivity index (χ1) is 11.0. The molecule has 0 aliphatic heterocycles. The van der Waals surface area contributed by atoms with Crippen LogP contribution in [0, 0.1) is 11.7 Å². The van der Waals surface area contributed by atoms with Crippen molar-refractivity contribution in [3.63, 3.8) is 0 Å². The molecule has 0 bridgehead atoms. The van der Waals surface area contributed by atoms with Crippen molar-refractivity contribution in [1.82, 2.24) is 15.5 Å². The van der Waals surface area contributed by atoms with Crippen LogP contribution in [0.25, 0.3) is 0 Å². The van der Waals surface area contributed by atoms with E-state index in [-0.39, 0.29) is 24.3 Å². The van der Waals surface area contributed by atoms with Crippen LogP contribution in [0.1, 0.15) is 44.9 Å². The normalized spacial score (nSPS) is 12.2. The molecular weight excluding hydrogens is 301 g/mol. The molecule has 23 heavy (non-hydrogen) atoms. The van der Waals surface area contributed by atoms with Crippen molar-refractivity contribution in [1.29, 1.82) is 0 Å². The average molecular weight is 321 g/mol. The molecule has 2 aromatic rings. The lowest BCUT2D eigenvalue weighted by atomic mass is 10.0. The van der Waals surface area contributed by atoms with Gasteiger partial charge in [0.05, 0.1) is 0 Å². The third-order valence-electron chi connectivity index (χ3n) is 3.06. The van der Waals surface area contributed by atoms with Crippen LogP contribution in [-0.4, -0.2) is 16.0 Å². The fourth-order valence-corrected chi connectivity index (χ4v) is 2.11. The maximum Gasteiger partial charge on any atom is 0.249 e. The van der Waals surface area contributed by atoms with Crippen molar-refractivity contribution in [3.05, 3.63) is 41.8 Å². The molecule has 1 N–H and O–H groups in total. The molecule has 7 heteroatoms. The number of ether oxygens (including phenoxy) is 1. The number of benzene rings is 1. The van der Waals surface area contributed by atoms with Crippen molar-refractivity contribution < 1.29 is 18.4 Å². The zero-order valence-electron chi connectivity index (χ0n) is 13.4. The van der Waals surface area contributed by atoms with Gasteiger partial charge in [-0.15, -0.1) is 0 Å². The van der Waals surface area contributed by atoms with Crippen LogP contribution in [0.5, 0.6) is 5.75 Å². The second-order valence-electron chi connectivity index (χ2n) is 5.65. The van der Waals surface area contributed by atoms with Gasteiger partial charge in [0.15, 0.2) is 18.2 Å². The minimum atomic E-state index is -0.452. The molecule has 0 unspecified atom stereocenters. The molecule has 2 rings (SSSR count). The van der Waals surface area contributed by atoms with E-state index < -0.39 is 5.82 Å². The highest BCUT2D eigenvalue weighted by atomic mass is 19.1. The van der Waals surface area contributed by atoms with E-state index in [1.807, 2.05) is 13.8 Å². The van der Waals surface area contributed by atoms with Gasteiger partial charge in [0.25, 0.3) is 0 Å². The summed E-state index contributed by atoms with van der Waals surface area (Å²) in [4.78, 5) is 15.5. The van der Waals surface area contributed by atoms with Gasteiger partial charge in [-0.05, 0) is 24.5 Å². The smallest absolute Gasteiger partial charge is 0.249 e. The van der Waals surface area contributed by atoms with Crippen LogP contribution in [0.4, 0.5) is 4.39 Å². The molecule has 0 aliphatic rings. The van der Waals surface area contributed by atoms with E-state index in [0.717, 1.165) is 0 Å². The number of nitrogens with one attached hydrogen (secondary N) is 1. The maximum atomic E-state index is 13.5. The van der Waals surface area contributed by atoms with E-state index in [0.29, 0.717) is 24.1 Å². The van der Waals surface area contributed by atoms with E-state index in [1.54, 1.807) is 12.1 Å². The quantitative estimate of drug-likeness (QED) is 0.848. The van der Waals surface area contributed by atoms with Gasteiger partial charge in [-0.2, -0.15) is 4.98 Å². The number of carbonyl (C=O) groups is 1. The molecule has 0 radical (unpaired) electrons. The van der Waals surface area contributed by atoms with Crippen molar-refractivity contribution in [2.45, 2.75) is 39.8 Å². The molecule has 6 nitrogen and oxygen atoms in total. The molecular formula is C16H20FN3O3. The fraction of sp³-hybridized carbons (Fsp3) is 0.438. The topological polar surface area (TPSA) is 77.2 Å². The molecule has 124 valence electrons. The predicted octanol–water partition coefficient (Wildman–Crippen LogP) is 3.01. The summed E-state index contributed by atoms with van der Waals surface area (Å²) in [6, 6.07) is 5.75. The fourth-order valence-electron chi connectivity index (χ4n) is 2.11. The largest absolute Gasteiger partial charge is 0.482 e. The molecule has 1 aromatic carbocycles. The molecule has 0 aliphatic carbocycles. The number of para-hydroxylation sites is 1. The first-order valence-electron chi connectivity index (χ1n) is 7.42. The number of amides is 1. The van der Waals surface area contributed by atoms with Gasteiger partial charge in [-0.1, -0.05) is 31.1 Å².